The zero-order chi connectivity index (χ0) is 23.4. The molecule has 0 spiro atoms. The second kappa shape index (κ2) is 10.1. The van der Waals surface area contributed by atoms with E-state index in [9.17, 15) is 9.59 Å². The number of likely N-dealkylation sites (N-methyl/N-ethyl adjacent to an activating group) is 1. The number of para-hydroxylation sites is 2. The fourth-order valence-electron chi connectivity index (χ4n) is 3.80. The lowest BCUT2D eigenvalue weighted by molar-refractivity contribution is -0.116. The molecule has 0 saturated carbocycles. The van der Waals surface area contributed by atoms with Gasteiger partial charge in [-0.1, -0.05) is 77.8 Å². The summed E-state index contributed by atoms with van der Waals surface area (Å²) in [5.74, 6) is -0.575. The van der Waals surface area contributed by atoms with E-state index in [1.165, 1.54) is 4.90 Å². The van der Waals surface area contributed by atoms with Crippen LogP contribution in [0.2, 0.25) is 10.0 Å². The van der Waals surface area contributed by atoms with E-state index in [1.807, 2.05) is 55.6 Å². The monoisotopic (exact) mass is 479 g/mol. The maximum absolute atomic E-state index is 13.5. The molecule has 0 bridgehead atoms. The molecule has 0 saturated heterocycles. The van der Waals surface area contributed by atoms with Crippen molar-refractivity contribution < 1.29 is 9.59 Å². The first-order chi connectivity index (χ1) is 16.0. The van der Waals surface area contributed by atoms with Crippen molar-refractivity contribution in [2.75, 3.05) is 18.4 Å². The van der Waals surface area contributed by atoms with Crippen LogP contribution in [0.25, 0.3) is 10.9 Å². The average molecular weight is 480 g/mol. The van der Waals surface area contributed by atoms with E-state index in [-0.39, 0.29) is 18.4 Å². The molecule has 0 aliphatic carbocycles. The molecular formula is C26H23Cl2N3O2. The predicted molar refractivity (Wildman–Crippen MR) is 134 cm³/mol. The summed E-state index contributed by atoms with van der Waals surface area (Å²) in [6.07, 6.45) is 1.87. The Morgan fingerprint density at radius 2 is 1.58 bits per heavy atom. The van der Waals surface area contributed by atoms with Crippen LogP contribution in [0.4, 0.5) is 5.69 Å². The van der Waals surface area contributed by atoms with Crippen LogP contribution in [0.5, 0.6) is 0 Å². The Morgan fingerprint density at radius 1 is 0.909 bits per heavy atom. The first kappa shape index (κ1) is 22.9. The highest BCUT2D eigenvalue weighted by molar-refractivity contribution is 6.39. The number of nitrogens with one attached hydrogen (secondary N) is 1. The van der Waals surface area contributed by atoms with Crippen molar-refractivity contribution in [2.45, 2.75) is 13.5 Å². The van der Waals surface area contributed by atoms with Gasteiger partial charge in [-0.05, 0) is 30.7 Å². The topological polar surface area (TPSA) is 54.3 Å². The van der Waals surface area contributed by atoms with E-state index in [0.29, 0.717) is 34.4 Å². The second-order valence-electron chi connectivity index (χ2n) is 7.64. The molecule has 7 heteroatoms. The first-order valence-electron chi connectivity index (χ1n) is 10.6. The van der Waals surface area contributed by atoms with Gasteiger partial charge < -0.3 is 14.8 Å². The standard InChI is InChI=1S/C26H23Cl2N3O2/c1-2-30(17-24(32)29-25-21(27)12-8-13-22(25)28)26(33)20-16-31(15-18-9-4-3-5-10-18)23-14-7-6-11-19(20)23/h3-14,16H,2,15,17H2,1H3,(H,29,32). The average Bonchev–Trinajstić information content (AvgIpc) is 3.18. The van der Waals surface area contributed by atoms with Crippen LogP contribution in [0.3, 0.4) is 0 Å². The lowest BCUT2D eigenvalue weighted by atomic mass is 10.1. The molecule has 168 valence electrons. The van der Waals surface area contributed by atoms with Gasteiger partial charge in [-0.15, -0.1) is 0 Å². The van der Waals surface area contributed by atoms with Gasteiger partial charge in [-0.25, -0.2) is 0 Å². The summed E-state index contributed by atoms with van der Waals surface area (Å²) < 4.78 is 2.06. The molecular weight excluding hydrogens is 457 g/mol. The minimum Gasteiger partial charge on any atom is -0.342 e. The van der Waals surface area contributed by atoms with Crippen LogP contribution in [0.1, 0.15) is 22.8 Å². The highest BCUT2D eigenvalue weighted by Gasteiger charge is 2.22. The Bertz CT molecular complexity index is 1280. The van der Waals surface area contributed by atoms with E-state index in [4.69, 9.17) is 23.2 Å². The third-order valence-corrected chi connectivity index (χ3v) is 6.08. The van der Waals surface area contributed by atoms with Gasteiger partial charge in [-0.3, -0.25) is 9.59 Å². The number of benzene rings is 3. The van der Waals surface area contributed by atoms with Crippen LogP contribution < -0.4 is 5.32 Å². The fourth-order valence-corrected chi connectivity index (χ4v) is 4.29. The van der Waals surface area contributed by atoms with Gasteiger partial charge in [0.15, 0.2) is 0 Å². The Balaban J connectivity index is 1.58. The van der Waals surface area contributed by atoms with E-state index in [0.717, 1.165) is 16.5 Å². The second-order valence-corrected chi connectivity index (χ2v) is 8.45. The van der Waals surface area contributed by atoms with E-state index < -0.39 is 0 Å². The lowest BCUT2D eigenvalue weighted by Crippen LogP contribution is -2.37. The summed E-state index contributed by atoms with van der Waals surface area (Å²) in [6.45, 7) is 2.75. The molecule has 4 rings (SSSR count). The van der Waals surface area contributed by atoms with E-state index in [1.54, 1.807) is 18.2 Å². The van der Waals surface area contributed by atoms with Crippen LogP contribution >= 0.6 is 23.2 Å². The molecule has 0 unspecified atom stereocenters. The summed E-state index contributed by atoms with van der Waals surface area (Å²) in [5.41, 5.74) is 3.01. The third kappa shape index (κ3) is 5.05. The predicted octanol–water partition coefficient (Wildman–Crippen LogP) is 6.10. The molecule has 0 aliphatic heterocycles. The number of anilines is 1. The Morgan fingerprint density at radius 3 is 2.27 bits per heavy atom. The number of fused-ring (bicyclic) bond motifs is 1. The van der Waals surface area contributed by atoms with Crippen molar-refractivity contribution in [3.05, 3.63) is 100 Å². The van der Waals surface area contributed by atoms with Crippen molar-refractivity contribution in [2.24, 2.45) is 0 Å². The number of carbonyl (C=O) groups is 2. The summed E-state index contributed by atoms with van der Waals surface area (Å²) in [7, 11) is 0. The molecule has 1 N–H and O–H groups in total. The molecule has 0 aliphatic rings. The van der Waals surface area contributed by atoms with Crippen molar-refractivity contribution >= 4 is 51.6 Å². The van der Waals surface area contributed by atoms with Crippen LogP contribution in [0.15, 0.2) is 79.0 Å². The Kier molecular flexibility index (Phi) is 7.02. The van der Waals surface area contributed by atoms with Gasteiger partial charge in [0.2, 0.25) is 5.91 Å². The highest BCUT2D eigenvalue weighted by Crippen LogP contribution is 2.30. The zero-order valence-electron chi connectivity index (χ0n) is 18.1. The number of rotatable bonds is 7. The molecule has 1 aromatic heterocycles. The van der Waals surface area contributed by atoms with Crippen molar-refractivity contribution in [1.29, 1.82) is 0 Å². The number of hydrogen-bond donors (Lipinski definition) is 1. The molecule has 0 radical (unpaired) electrons. The SMILES string of the molecule is CCN(CC(=O)Nc1c(Cl)cccc1Cl)C(=O)c1cn(Cc2ccccc2)c2ccccc12. The molecule has 5 nitrogen and oxygen atoms in total. The van der Waals surface area contributed by atoms with Gasteiger partial charge in [0.05, 0.1) is 21.3 Å². The van der Waals surface area contributed by atoms with E-state index >= 15 is 0 Å². The maximum atomic E-state index is 13.5. The summed E-state index contributed by atoms with van der Waals surface area (Å²) in [5, 5.41) is 4.26. The molecule has 3 aromatic carbocycles. The number of halogens is 2. The molecule has 33 heavy (non-hydrogen) atoms. The minimum absolute atomic E-state index is 0.116. The minimum atomic E-state index is -0.367. The number of aromatic nitrogens is 1. The number of nitrogens with zero attached hydrogens (tertiary/aromatic N) is 2. The summed E-state index contributed by atoms with van der Waals surface area (Å²) in [6, 6.07) is 22.9. The quantitative estimate of drug-likeness (QED) is 0.348. The number of carbonyl (C=O) groups excluding carboxylic acids is 2. The molecule has 0 atom stereocenters. The van der Waals surface area contributed by atoms with Crippen LogP contribution in [0, 0.1) is 0 Å². The molecule has 2 amide bonds. The third-order valence-electron chi connectivity index (χ3n) is 5.45. The number of amides is 2. The van der Waals surface area contributed by atoms with Crippen LogP contribution in [-0.4, -0.2) is 34.4 Å². The normalized spacial score (nSPS) is 10.9. The van der Waals surface area contributed by atoms with Gasteiger partial charge >= 0.3 is 0 Å². The highest BCUT2D eigenvalue weighted by atomic mass is 35.5. The first-order valence-corrected chi connectivity index (χ1v) is 11.4. The van der Waals surface area contributed by atoms with Crippen molar-refractivity contribution in [3.8, 4) is 0 Å². The molecule has 1 heterocycles. The number of hydrogen-bond acceptors (Lipinski definition) is 2. The fraction of sp³-hybridized carbons (Fsp3) is 0.154. The van der Waals surface area contributed by atoms with Crippen molar-refractivity contribution in [1.82, 2.24) is 9.47 Å². The smallest absolute Gasteiger partial charge is 0.256 e. The molecule has 4 aromatic rings. The van der Waals surface area contributed by atoms with Gasteiger partial charge in [-0.2, -0.15) is 0 Å². The lowest BCUT2D eigenvalue weighted by Gasteiger charge is -2.20. The summed E-state index contributed by atoms with van der Waals surface area (Å²) in [4.78, 5) is 27.7. The zero-order valence-corrected chi connectivity index (χ0v) is 19.6. The Labute approximate surface area is 202 Å². The Hall–Kier alpha value is -3.28. The molecule has 0 fully saturated rings. The maximum Gasteiger partial charge on any atom is 0.256 e. The van der Waals surface area contributed by atoms with E-state index in [2.05, 4.69) is 22.0 Å². The van der Waals surface area contributed by atoms with Gasteiger partial charge in [0.25, 0.3) is 5.91 Å². The van der Waals surface area contributed by atoms with Gasteiger partial charge in [0, 0.05) is 30.2 Å². The largest absolute Gasteiger partial charge is 0.342 e. The van der Waals surface area contributed by atoms with Crippen LogP contribution in [-0.2, 0) is 11.3 Å². The van der Waals surface area contributed by atoms with Crippen molar-refractivity contribution in [3.63, 3.8) is 0 Å². The van der Waals surface area contributed by atoms with Gasteiger partial charge in [0.1, 0.15) is 6.54 Å². The summed E-state index contributed by atoms with van der Waals surface area (Å²) >= 11 is 12.3.